The van der Waals surface area contributed by atoms with Gasteiger partial charge in [0.05, 0.1) is 44.1 Å². The standard InChI is InChI=1S/C36H51N7O3S.C26H28BrN3O.CH4O/c1-23(25-10-14-28(15-11-25)33-24(2)39-22-47-33)40-34(44)31-9-6-18-42(31)36(46)32(43(38)21-30(37)26-12-13-26)27-16-19-41(20-17-27)35(45)29-7-4-3-5-8-29;1-29-14-10-17(11-15-29)18-8-9-19-22(16-18)30-21-7-5-6-20(27)23(21)24(31)28-25(30)26(19)12-3-2-4-13-26;1-2/h10-11,14-15,21-23,26-27,29,31-32H,3-9,12-13,16-20,37-38H2,1-2H3,(H,40,44);5-9,16-17H,2-4,10-15H2,1H3;2H,1H3/b30-21-;;. The summed E-state index contributed by atoms with van der Waals surface area (Å²) in [4.78, 5) is 71.0. The number of nitrogens with one attached hydrogen (secondary N) is 1. The summed E-state index contributed by atoms with van der Waals surface area (Å²) in [5, 5.41) is 12.4. The third-order valence-corrected chi connectivity index (χ3v) is 20.4. The molecule has 3 saturated heterocycles. The van der Waals surface area contributed by atoms with Gasteiger partial charge in [-0.15, -0.1) is 11.3 Å². The molecule has 6 N–H and O–H groups in total. The number of allylic oxidation sites excluding steroid dienone is 1. The Morgan fingerprint density at radius 2 is 1.55 bits per heavy atom. The number of thiazole rings is 1. The van der Waals surface area contributed by atoms with Crippen LogP contribution in [0.15, 0.2) is 87.3 Å². The van der Waals surface area contributed by atoms with Gasteiger partial charge in [-0.05, 0) is 179 Å². The zero-order valence-corrected chi connectivity index (χ0v) is 49.8. The lowest BCUT2D eigenvalue weighted by atomic mass is 9.69. The van der Waals surface area contributed by atoms with Crippen LogP contribution in [0.3, 0.4) is 0 Å². The molecule has 6 heterocycles. The number of fused-ring (bicyclic) bond motifs is 7. The average Bonchev–Trinajstić information content (AvgIpc) is 4.16. The first kappa shape index (κ1) is 57.8. The van der Waals surface area contributed by atoms with E-state index in [-0.39, 0.29) is 46.6 Å². The van der Waals surface area contributed by atoms with Gasteiger partial charge in [0.1, 0.15) is 17.9 Å². The van der Waals surface area contributed by atoms with Crippen molar-refractivity contribution in [3.63, 3.8) is 0 Å². The molecule has 12 rings (SSSR count). The van der Waals surface area contributed by atoms with E-state index in [9.17, 15) is 19.2 Å². The first-order chi connectivity index (χ1) is 38.8. The molecule has 3 atom stereocenters. The summed E-state index contributed by atoms with van der Waals surface area (Å²) in [6.45, 7) is 8.07. The number of aliphatic hydroxyl groups is 1. The van der Waals surface area contributed by atoms with Crippen molar-refractivity contribution in [2.24, 2.45) is 29.3 Å². The maximum atomic E-state index is 14.4. The largest absolute Gasteiger partial charge is 0.401 e. The topological polar surface area (TPSA) is 196 Å². The van der Waals surface area contributed by atoms with Crippen LogP contribution in [0.25, 0.3) is 27.0 Å². The van der Waals surface area contributed by atoms with Gasteiger partial charge in [0.25, 0.3) is 5.56 Å². The van der Waals surface area contributed by atoms with E-state index < -0.39 is 12.1 Å². The van der Waals surface area contributed by atoms with Crippen molar-refractivity contribution in [3.8, 4) is 16.1 Å². The Morgan fingerprint density at radius 1 is 0.850 bits per heavy atom. The highest BCUT2D eigenvalue weighted by atomic mass is 79.9. The number of carbonyl (C=O) groups is 3. The number of piperidine rings is 2. The lowest BCUT2D eigenvalue weighted by Gasteiger charge is -2.41. The molecule has 3 unspecified atom stereocenters. The Labute approximate surface area is 484 Å². The summed E-state index contributed by atoms with van der Waals surface area (Å²) >= 11 is 5.23. The monoisotopic (exact) mass is 1170 g/mol. The highest BCUT2D eigenvalue weighted by Gasteiger charge is 2.47. The lowest BCUT2D eigenvalue weighted by Crippen LogP contribution is -2.58. The smallest absolute Gasteiger partial charge is 0.281 e. The second-order valence-electron chi connectivity index (χ2n) is 23.8. The van der Waals surface area contributed by atoms with Gasteiger partial charge in [-0.3, -0.25) is 23.7 Å². The molecule has 4 aliphatic heterocycles. The quantitative estimate of drug-likeness (QED) is 0.0726. The summed E-state index contributed by atoms with van der Waals surface area (Å²) < 4.78 is 3.15. The molecule has 80 heavy (non-hydrogen) atoms. The van der Waals surface area contributed by atoms with Gasteiger partial charge in [0.15, 0.2) is 0 Å². The molecule has 6 fully saturated rings. The van der Waals surface area contributed by atoms with Crippen LogP contribution in [0, 0.1) is 24.7 Å². The van der Waals surface area contributed by atoms with Gasteiger partial charge in [-0.1, -0.05) is 81.0 Å². The number of halogens is 1. The predicted octanol–water partition coefficient (Wildman–Crippen LogP) is 9.99. The highest BCUT2D eigenvalue weighted by Crippen LogP contribution is 2.52. The fraction of sp³-hybridized carbons (Fsp3) is 0.556. The molecule has 17 heteroatoms. The fourth-order valence-electron chi connectivity index (χ4n) is 14.1. The van der Waals surface area contributed by atoms with Crippen LogP contribution < -0.4 is 22.5 Å². The molecule has 3 amide bonds. The molecule has 3 aliphatic carbocycles. The second kappa shape index (κ2) is 25.4. The number of aromatic nitrogens is 3. The molecule has 428 valence electrons. The van der Waals surface area contributed by atoms with E-state index in [1.807, 2.05) is 48.5 Å². The summed E-state index contributed by atoms with van der Waals surface area (Å²) in [6, 6.07) is 20.0. The number of aliphatic hydroxyl groups excluding tert-OH is 1. The minimum absolute atomic E-state index is 0.0462. The van der Waals surface area contributed by atoms with E-state index in [4.69, 9.17) is 21.7 Å². The number of hydrazine groups is 1. The summed E-state index contributed by atoms with van der Waals surface area (Å²) in [7, 11) is 3.22. The van der Waals surface area contributed by atoms with Gasteiger partial charge in [-0.25, -0.2) is 10.8 Å². The predicted molar refractivity (Wildman–Crippen MR) is 321 cm³/mol. The van der Waals surface area contributed by atoms with Gasteiger partial charge < -0.3 is 35.9 Å². The van der Waals surface area contributed by atoms with Gasteiger partial charge in [0, 0.05) is 54.9 Å². The number of nitrogens with zero attached hydrogens (tertiary/aromatic N) is 7. The van der Waals surface area contributed by atoms with E-state index in [0.717, 1.165) is 115 Å². The van der Waals surface area contributed by atoms with Crippen LogP contribution in [-0.2, 0) is 19.8 Å². The number of hydrogen-bond donors (Lipinski definition) is 4. The van der Waals surface area contributed by atoms with Crippen LogP contribution in [0.4, 0.5) is 0 Å². The van der Waals surface area contributed by atoms with E-state index in [2.05, 4.69) is 79.1 Å². The molecule has 15 nitrogen and oxygen atoms in total. The molecule has 0 bridgehead atoms. The number of amides is 3. The van der Waals surface area contributed by atoms with E-state index >= 15 is 0 Å². The number of aryl methyl sites for hydroxylation is 1. The number of benzene rings is 3. The van der Waals surface area contributed by atoms with Gasteiger partial charge in [0.2, 0.25) is 17.7 Å². The Bertz CT molecular complexity index is 3090. The molecule has 3 aromatic carbocycles. The molecule has 1 spiro atoms. The molecule has 0 radical (unpaired) electrons. The number of rotatable bonds is 11. The third kappa shape index (κ3) is 11.9. The third-order valence-electron chi connectivity index (χ3n) is 18.8. The van der Waals surface area contributed by atoms with E-state index in [1.54, 1.807) is 22.4 Å². The number of carbonyl (C=O) groups excluding carboxylic acids is 3. The first-order valence-corrected chi connectivity index (χ1v) is 31.4. The maximum Gasteiger partial charge on any atom is 0.281 e. The van der Waals surface area contributed by atoms with Crippen molar-refractivity contribution in [1.29, 1.82) is 0 Å². The number of nitrogens with two attached hydrogens (primary N) is 2. The number of hydrogen-bond acceptors (Lipinski definition) is 12. The minimum Gasteiger partial charge on any atom is -0.401 e. The number of likely N-dealkylation sites (tertiary alicyclic amines) is 3. The highest BCUT2D eigenvalue weighted by molar-refractivity contribution is 9.10. The van der Waals surface area contributed by atoms with E-state index in [0.29, 0.717) is 61.8 Å². The van der Waals surface area contributed by atoms with Crippen molar-refractivity contribution >= 4 is 55.9 Å². The molecular formula is C63H83BrN10O5S. The first-order valence-electron chi connectivity index (χ1n) is 29.7. The summed E-state index contributed by atoms with van der Waals surface area (Å²) in [5.74, 6) is 8.66. The Balaban J connectivity index is 0.000000188. The lowest BCUT2D eigenvalue weighted by molar-refractivity contribution is -0.145. The average molecular weight is 1170 g/mol. The van der Waals surface area contributed by atoms with Crippen LogP contribution in [-0.4, -0.2) is 116 Å². The van der Waals surface area contributed by atoms with Crippen LogP contribution in [0.1, 0.15) is 163 Å². The van der Waals surface area contributed by atoms with Crippen LogP contribution in [0.5, 0.6) is 0 Å². The van der Waals surface area contributed by atoms with Crippen LogP contribution >= 0.6 is 27.3 Å². The van der Waals surface area contributed by atoms with Gasteiger partial charge in [-0.2, -0.15) is 4.98 Å². The Kier molecular flexibility index (Phi) is 18.3. The maximum absolute atomic E-state index is 14.4. The zero-order chi connectivity index (χ0) is 56.2. The molecule has 2 aromatic heterocycles. The van der Waals surface area contributed by atoms with Crippen LogP contribution in [0.2, 0.25) is 0 Å². The van der Waals surface area contributed by atoms with E-state index in [1.165, 1.54) is 60.3 Å². The Morgan fingerprint density at radius 3 is 2.23 bits per heavy atom. The van der Waals surface area contributed by atoms with Crippen molar-refractivity contribution in [2.45, 2.75) is 159 Å². The minimum atomic E-state index is -0.646. The van der Waals surface area contributed by atoms with Crippen molar-refractivity contribution < 1.29 is 19.5 Å². The van der Waals surface area contributed by atoms with Crippen molar-refractivity contribution in [3.05, 3.63) is 121 Å². The van der Waals surface area contributed by atoms with Crippen molar-refractivity contribution in [1.82, 2.24) is 39.6 Å². The normalized spacial score (nSPS) is 21.4. The summed E-state index contributed by atoms with van der Waals surface area (Å²) in [5.41, 5.74) is 16.9. The SMILES string of the molecule is CN1CCC(c2ccc3c(c2)-n2c(nc(=O)c4c(Br)cccc42)C32CCCCC2)CC1.CO.Cc1ncsc1-c1ccc(C(C)NC(=O)C2CCCN2C(=O)C(C2CCN(C(=O)C3CCCCC3)CC2)N(N)/C=C(\N)C2CC2)cc1. The summed E-state index contributed by atoms with van der Waals surface area (Å²) in [6.07, 6.45) is 20.3. The second-order valence-corrected chi connectivity index (χ2v) is 25.5. The zero-order valence-electron chi connectivity index (χ0n) is 47.4. The molecule has 7 aliphatic rings. The molecule has 5 aromatic rings. The van der Waals surface area contributed by atoms with Gasteiger partial charge >= 0.3 is 0 Å². The van der Waals surface area contributed by atoms with Crippen molar-refractivity contribution in [2.75, 3.05) is 46.9 Å². The fourth-order valence-corrected chi connectivity index (χ4v) is 15.4. The Hall–Kier alpha value is -5.46. The molecular weight excluding hydrogens is 1090 g/mol. The molecule has 3 saturated carbocycles.